The molecule has 0 saturated carbocycles. The Labute approximate surface area is 98.2 Å². The lowest BCUT2D eigenvalue weighted by molar-refractivity contribution is -0.137. The van der Waals surface area contributed by atoms with Crippen molar-refractivity contribution in [2.75, 3.05) is 6.54 Å². The van der Waals surface area contributed by atoms with Crippen LogP contribution >= 0.6 is 0 Å². The van der Waals surface area contributed by atoms with Gasteiger partial charge in [-0.3, -0.25) is 4.79 Å². The molecule has 0 bridgehead atoms. The van der Waals surface area contributed by atoms with E-state index in [4.69, 9.17) is 9.52 Å². The standard InChI is InChI=1S/C11H14N2O4/c14-10(15)4-3-8-6-13(11(16)12-8)7-9-2-1-5-17-9/h1-2,5,8H,3-4,6-7H2,(H,12,16)(H,14,15). The first-order valence-electron chi connectivity index (χ1n) is 5.45. The predicted molar refractivity (Wildman–Crippen MR) is 58.3 cm³/mol. The molecular formula is C11H14N2O4. The normalized spacial score (nSPS) is 19.4. The third kappa shape index (κ3) is 2.99. The number of carbonyl (C=O) groups is 2. The second-order valence-electron chi connectivity index (χ2n) is 4.04. The average Bonchev–Trinajstić information content (AvgIpc) is 2.87. The zero-order chi connectivity index (χ0) is 12.3. The molecule has 1 atom stereocenters. The van der Waals surface area contributed by atoms with Gasteiger partial charge in [-0.05, 0) is 18.6 Å². The molecule has 1 unspecified atom stereocenters. The Balaban J connectivity index is 1.85. The van der Waals surface area contributed by atoms with Crippen LogP contribution in [0, 0.1) is 0 Å². The lowest BCUT2D eigenvalue weighted by atomic mass is 10.1. The van der Waals surface area contributed by atoms with Crippen molar-refractivity contribution >= 4 is 12.0 Å². The number of hydrogen-bond acceptors (Lipinski definition) is 3. The third-order valence-electron chi connectivity index (χ3n) is 2.69. The third-order valence-corrected chi connectivity index (χ3v) is 2.69. The van der Waals surface area contributed by atoms with Crippen LogP contribution in [0.15, 0.2) is 22.8 Å². The molecule has 6 heteroatoms. The summed E-state index contributed by atoms with van der Waals surface area (Å²) in [6.07, 6.45) is 2.08. The average molecular weight is 238 g/mol. The number of hydrogen-bond donors (Lipinski definition) is 2. The van der Waals surface area contributed by atoms with Crippen molar-refractivity contribution in [1.29, 1.82) is 0 Å². The van der Waals surface area contributed by atoms with E-state index in [9.17, 15) is 9.59 Å². The molecule has 1 aliphatic heterocycles. The van der Waals surface area contributed by atoms with Crippen LogP contribution in [0.2, 0.25) is 0 Å². The van der Waals surface area contributed by atoms with Gasteiger partial charge in [0.2, 0.25) is 0 Å². The van der Waals surface area contributed by atoms with E-state index in [0.717, 1.165) is 5.76 Å². The van der Waals surface area contributed by atoms with Crippen LogP contribution < -0.4 is 5.32 Å². The number of rotatable bonds is 5. The molecule has 6 nitrogen and oxygen atoms in total. The Morgan fingerprint density at radius 1 is 1.65 bits per heavy atom. The number of carbonyl (C=O) groups excluding carboxylic acids is 1. The SMILES string of the molecule is O=C(O)CCC1CN(Cc2ccco2)C(=O)N1. The molecule has 17 heavy (non-hydrogen) atoms. The Kier molecular flexibility index (Phi) is 3.32. The van der Waals surface area contributed by atoms with E-state index in [1.807, 2.05) is 0 Å². The van der Waals surface area contributed by atoms with Gasteiger partial charge < -0.3 is 19.7 Å². The smallest absolute Gasteiger partial charge is 0.318 e. The number of nitrogens with zero attached hydrogens (tertiary/aromatic N) is 1. The lowest BCUT2D eigenvalue weighted by Gasteiger charge is -2.12. The second-order valence-corrected chi connectivity index (χ2v) is 4.04. The Bertz CT molecular complexity index is 402. The first-order valence-corrected chi connectivity index (χ1v) is 5.45. The molecule has 92 valence electrons. The summed E-state index contributed by atoms with van der Waals surface area (Å²) < 4.78 is 5.16. The number of aliphatic carboxylic acids is 1. The van der Waals surface area contributed by atoms with E-state index in [1.54, 1.807) is 23.3 Å². The van der Waals surface area contributed by atoms with Gasteiger partial charge in [-0.2, -0.15) is 0 Å². The fourth-order valence-corrected chi connectivity index (χ4v) is 1.85. The van der Waals surface area contributed by atoms with Crippen LogP contribution in [0.1, 0.15) is 18.6 Å². The fraction of sp³-hybridized carbons (Fsp3) is 0.455. The van der Waals surface area contributed by atoms with Crippen LogP contribution in [0.4, 0.5) is 4.79 Å². The summed E-state index contributed by atoms with van der Waals surface area (Å²) in [5.74, 6) is -0.122. The maximum atomic E-state index is 11.6. The molecule has 1 saturated heterocycles. The van der Waals surface area contributed by atoms with Crippen molar-refractivity contribution in [2.45, 2.75) is 25.4 Å². The molecule has 2 rings (SSSR count). The van der Waals surface area contributed by atoms with E-state index >= 15 is 0 Å². The predicted octanol–water partition coefficient (Wildman–Crippen LogP) is 1.04. The fourth-order valence-electron chi connectivity index (χ4n) is 1.85. The summed E-state index contributed by atoms with van der Waals surface area (Å²) in [7, 11) is 0. The Morgan fingerprint density at radius 2 is 2.47 bits per heavy atom. The van der Waals surface area contributed by atoms with Gasteiger partial charge in [-0.1, -0.05) is 0 Å². The number of furan rings is 1. The summed E-state index contributed by atoms with van der Waals surface area (Å²) in [5, 5.41) is 11.3. The number of carboxylic acids is 1. The van der Waals surface area contributed by atoms with Gasteiger partial charge in [0, 0.05) is 19.0 Å². The summed E-state index contributed by atoms with van der Waals surface area (Å²) >= 11 is 0. The second kappa shape index (κ2) is 4.90. The Morgan fingerprint density at radius 3 is 3.12 bits per heavy atom. The molecule has 1 aromatic heterocycles. The largest absolute Gasteiger partial charge is 0.481 e. The van der Waals surface area contributed by atoms with E-state index < -0.39 is 5.97 Å². The van der Waals surface area contributed by atoms with Crippen molar-refractivity contribution in [1.82, 2.24) is 10.2 Å². The maximum Gasteiger partial charge on any atom is 0.318 e. The van der Waals surface area contributed by atoms with Crippen molar-refractivity contribution < 1.29 is 19.1 Å². The van der Waals surface area contributed by atoms with Crippen LogP contribution in [0.25, 0.3) is 0 Å². The minimum atomic E-state index is -0.844. The monoisotopic (exact) mass is 238 g/mol. The van der Waals surface area contributed by atoms with E-state index in [-0.39, 0.29) is 18.5 Å². The van der Waals surface area contributed by atoms with Crippen LogP contribution in [-0.2, 0) is 11.3 Å². The molecule has 2 heterocycles. The molecule has 0 aliphatic carbocycles. The van der Waals surface area contributed by atoms with Gasteiger partial charge in [-0.15, -0.1) is 0 Å². The molecule has 2 N–H and O–H groups in total. The molecule has 0 aromatic carbocycles. The molecule has 1 aliphatic rings. The molecule has 0 spiro atoms. The zero-order valence-electron chi connectivity index (χ0n) is 9.26. The molecule has 2 amide bonds. The number of amides is 2. The number of urea groups is 1. The zero-order valence-corrected chi connectivity index (χ0v) is 9.26. The van der Waals surface area contributed by atoms with Crippen molar-refractivity contribution in [3.8, 4) is 0 Å². The quantitative estimate of drug-likeness (QED) is 0.802. The van der Waals surface area contributed by atoms with E-state index in [0.29, 0.717) is 19.5 Å². The summed E-state index contributed by atoms with van der Waals surface area (Å²) in [6, 6.07) is 3.31. The minimum Gasteiger partial charge on any atom is -0.481 e. The highest BCUT2D eigenvalue weighted by Crippen LogP contribution is 2.13. The van der Waals surface area contributed by atoms with Crippen molar-refractivity contribution in [3.63, 3.8) is 0 Å². The lowest BCUT2D eigenvalue weighted by Crippen LogP contribution is -2.28. The van der Waals surface area contributed by atoms with Crippen molar-refractivity contribution in [2.24, 2.45) is 0 Å². The first kappa shape index (κ1) is 11.5. The van der Waals surface area contributed by atoms with Gasteiger partial charge in [0.15, 0.2) is 0 Å². The van der Waals surface area contributed by atoms with Crippen LogP contribution in [-0.4, -0.2) is 34.6 Å². The van der Waals surface area contributed by atoms with Gasteiger partial charge >= 0.3 is 12.0 Å². The maximum absolute atomic E-state index is 11.6. The molecule has 1 aromatic rings. The Hall–Kier alpha value is -1.98. The minimum absolute atomic E-state index is 0.0690. The van der Waals surface area contributed by atoms with Gasteiger partial charge in [0.05, 0.1) is 12.8 Å². The molecule has 1 fully saturated rings. The highest BCUT2D eigenvalue weighted by molar-refractivity contribution is 5.77. The van der Waals surface area contributed by atoms with E-state index in [1.165, 1.54) is 0 Å². The highest BCUT2D eigenvalue weighted by Gasteiger charge is 2.29. The van der Waals surface area contributed by atoms with Gasteiger partial charge in [0.25, 0.3) is 0 Å². The summed E-state index contributed by atoms with van der Waals surface area (Å²) in [4.78, 5) is 23.6. The number of carboxylic acid groups (broad SMARTS) is 1. The first-order chi connectivity index (χ1) is 8.15. The van der Waals surface area contributed by atoms with Gasteiger partial charge in [0.1, 0.15) is 5.76 Å². The number of nitrogens with one attached hydrogen (secondary N) is 1. The molecular weight excluding hydrogens is 224 g/mol. The topological polar surface area (TPSA) is 82.8 Å². The highest BCUT2D eigenvalue weighted by atomic mass is 16.4. The van der Waals surface area contributed by atoms with Crippen LogP contribution in [0.5, 0.6) is 0 Å². The summed E-state index contributed by atoms with van der Waals surface area (Å²) in [5.41, 5.74) is 0. The van der Waals surface area contributed by atoms with Gasteiger partial charge in [-0.25, -0.2) is 4.79 Å². The van der Waals surface area contributed by atoms with Crippen molar-refractivity contribution in [3.05, 3.63) is 24.2 Å². The summed E-state index contributed by atoms with van der Waals surface area (Å²) in [6.45, 7) is 0.940. The van der Waals surface area contributed by atoms with Crippen LogP contribution in [0.3, 0.4) is 0 Å². The molecule has 0 radical (unpaired) electrons. The van der Waals surface area contributed by atoms with E-state index in [2.05, 4.69) is 5.32 Å².